The second kappa shape index (κ2) is 6.83. The van der Waals surface area contributed by atoms with E-state index in [9.17, 15) is 4.79 Å². The molecule has 5 heteroatoms. The van der Waals surface area contributed by atoms with E-state index in [0.717, 1.165) is 16.8 Å². The molecule has 0 bridgehead atoms. The maximum atomic E-state index is 11.9. The van der Waals surface area contributed by atoms with Gasteiger partial charge in [-0.05, 0) is 55.3 Å². The van der Waals surface area contributed by atoms with Crippen molar-refractivity contribution < 1.29 is 4.79 Å². The first-order valence-corrected chi connectivity index (χ1v) is 7.26. The molecule has 0 saturated carbocycles. The van der Waals surface area contributed by atoms with Crippen LogP contribution in [-0.4, -0.2) is 12.5 Å². The normalized spacial score (nSPS) is 10.3. The molecule has 110 valence electrons. The molecule has 0 unspecified atom stereocenters. The number of carbonyl (C=O) groups is 1. The minimum Gasteiger partial charge on any atom is -0.376 e. The Labute approximate surface area is 134 Å². The lowest BCUT2D eigenvalue weighted by atomic mass is 10.1. The van der Waals surface area contributed by atoms with Crippen LogP contribution in [0.15, 0.2) is 36.4 Å². The van der Waals surface area contributed by atoms with Gasteiger partial charge in [-0.2, -0.15) is 0 Å². The Hall–Kier alpha value is -1.71. The molecule has 1 amide bonds. The average molecular weight is 323 g/mol. The summed E-state index contributed by atoms with van der Waals surface area (Å²) in [5.41, 5.74) is 3.73. The highest BCUT2D eigenvalue weighted by Crippen LogP contribution is 2.22. The van der Waals surface area contributed by atoms with Crippen molar-refractivity contribution in [2.24, 2.45) is 0 Å². The highest BCUT2D eigenvalue weighted by Gasteiger charge is 2.04. The number of amides is 1. The fourth-order valence-electron chi connectivity index (χ4n) is 2.09. The lowest BCUT2D eigenvalue weighted by molar-refractivity contribution is -0.114. The quantitative estimate of drug-likeness (QED) is 0.859. The first kappa shape index (κ1) is 15.7. The number of nitrogens with one attached hydrogen (secondary N) is 2. The van der Waals surface area contributed by atoms with Crippen molar-refractivity contribution in [1.29, 1.82) is 0 Å². The topological polar surface area (TPSA) is 41.1 Å². The van der Waals surface area contributed by atoms with E-state index < -0.39 is 0 Å². The van der Waals surface area contributed by atoms with Gasteiger partial charge in [0.2, 0.25) is 5.91 Å². The molecule has 2 aromatic carbocycles. The molecule has 0 atom stereocenters. The van der Waals surface area contributed by atoms with E-state index >= 15 is 0 Å². The standard InChI is InChI=1S/C16H16Cl2N2O/c1-10-3-11(2)5-15(4-10)20-16(21)9-19-14-7-12(17)6-13(18)8-14/h3-8,19H,9H2,1-2H3,(H,20,21). The van der Waals surface area contributed by atoms with Crippen LogP contribution in [0, 0.1) is 13.8 Å². The number of halogens is 2. The fourth-order valence-corrected chi connectivity index (χ4v) is 2.62. The number of anilines is 2. The van der Waals surface area contributed by atoms with Crippen LogP contribution in [0.5, 0.6) is 0 Å². The van der Waals surface area contributed by atoms with Crippen molar-refractivity contribution in [3.63, 3.8) is 0 Å². The van der Waals surface area contributed by atoms with Gasteiger partial charge in [-0.1, -0.05) is 29.3 Å². The molecule has 0 aliphatic rings. The van der Waals surface area contributed by atoms with Crippen molar-refractivity contribution in [2.75, 3.05) is 17.2 Å². The van der Waals surface area contributed by atoms with E-state index in [0.29, 0.717) is 15.7 Å². The molecule has 2 N–H and O–H groups in total. The van der Waals surface area contributed by atoms with Crippen molar-refractivity contribution in [2.45, 2.75) is 13.8 Å². The molecule has 0 heterocycles. The summed E-state index contributed by atoms with van der Waals surface area (Å²) in [6.07, 6.45) is 0. The number of rotatable bonds is 4. The van der Waals surface area contributed by atoms with E-state index in [1.165, 1.54) is 0 Å². The van der Waals surface area contributed by atoms with Crippen molar-refractivity contribution in [3.05, 3.63) is 57.6 Å². The minimum absolute atomic E-state index is 0.129. The van der Waals surface area contributed by atoms with Gasteiger partial charge >= 0.3 is 0 Å². The van der Waals surface area contributed by atoms with Gasteiger partial charge < -0.3 is 10.6 Å². The molecule has 3 nitrogen and oxygen atoms in total. The van der Waals surface area contributed by atoms with Crippen LogP contribution in [0.2, 0.25) is 10.0 Å². The zero-order chi connectivity index (χ0) is 15.4. The number of carbonyl (C=O) groups excluding carboxylic acids is 1. The molecule has 2 rings (SSSR count). The van der Waals surface area contributed by atoms with Crippen LogP contribution >= 0.6 is 23.2 Å². The summed E-state index contributed by atoms with van der Waals surface area (Å²) < 4.78 is 0. The minimum atomic E-state index is -0.129. The van der Waals surface area contributed by atoms with Crippen molar-refractivity contribution in [3.8, 4) is 0 Å². The van der Waals surface area contributed by atoms with E-state index in [4.69, 9.17) is 23.2 Å². The molecule has 0 aromatic heterocycles. The summed E-state index contributed by atoms with van der Waals surface area (Å²) >= 11 is 11.8. The zero-order valence-electron chi connectivity index (χ0n) is 11.8. The summed E-state index contributed by atoms with van der Waals surface area (Å²) in [7, 11) is 0. The average Bonchev–Trinajstić information content (AvgIpc) is 2.34. The highest BCUT2D eigenvalue weighted by atomic mass is 35.5. The van der Waals surface area contributed by atoms with Gasteiger partial charge in [-0.25, -0.2) is 0 Å². The molecular weight excluding hydrogens is 307 g/mol. The molecule has 0 fully saturated rings. The lowest BCUT2D eigenvalue weighted by Gasteiger charge is -2.10. The third kappa shape index (κ3) is 4.96. The van der Waals surface area contributed by atoms with Crippen LogP contribution in [0.1, 0.15) is 11.1 Å². The largest absolute Gasteiger partial charge is 0.376 e. The van der Waals surface area contributed by atoms with E-state index in [1.54, 1.807) is 18.2 Å². The molecule has 21 heavy (non-hydrogen) atoms. The predicted molar refractivity (Wildman–Crippen MR) is 89.5 cm³/mol. The molecular formula is C16H16Cl2N2O. The molecule has 2 aromatic rings. The number of hydrogen-bond acceptors (Lipinski definition) is 2. The van der Waals surface area contributed by atoms with Crippen LogP contribution in [0.3, 0.4) is 0 Å². The highest BCUT2D eigenvalue weighted by molar-refractivity contribution is 6.35. The third-order valence-electron chi connectivity index (χ3n) is 2.82. The Morgan fingerprint density at radius 3 is 2.05 bits per heavy atom. The van der Waals surface area contributed by atoms with Gasteiger partial charge in [-0.3, -0.25) is 4.79 Å². The number of benzene rings is 2. The van der Waals surface area contributed by atoms with E-state index in [2.05, 4.69) is 16.7 Å². The van der Waals surface area contributed by atoms with Crippen molar-refractivity contribution >= 4 is 40.5 Å². The summed E-state index contributed by atoms with van der Waals surface area (Å²) in [4.78, 5) is 11.9. The maximum absolute atomic E-state index is 11.9. The monoisotopic (exact) mass is 322 g/mol. The zero-order valence-corrected chi connectivity index (χ0v) is 13.3. The first-order chi connectivity index (χ1) is 9.92. The maximum Gasteiger partial charge on any atom is 0.243 e. The molecule has 0 saturated heterocycles. The second-order valence-corrected chi connectivity index (χ2v) is 5.81. The smallest absolute Gasteiger partial charge is 0.243 e. The number of aryl methyl sites for hydroxylation is 2. The van der Waals surface area contributed by atoms with Gasteiger partial charge in [0.1, 0.15) is 0 Å². The Bertz CT molecular complexity index is 631. The van der Waals surface area contributed by atoms with Crippen LogP contribution < -0.4 is 10.6 Å². The molecule has 0 aliphatic carbocycles. The summed E-state index contributed by atoms with van der Waals surface area (Å²) in [5, 5.41) is 6.91. The van der Waals surface area contributed by atoms with Gasteiger partial charge in [0, 0.05) is 21.4 Å². The van der Waals surface area contributed by atoms with Gasteiger partial charge in [0.25, 0.3) is 0 Å². The summed E-state index contributed by atoms with van der Waals surface area (Å²) in [6.45, 7) is 4.13. The van der Waals surface area contributed by atoms with Crippen molar-refractivity contribution in [1.82, 2.24) is 0 Å². The Morgan fingerprint density at radius 2 is 1.48 bits per heavy atom. The number of hydrogen-bond donors (Lipinski definition) is 2. The molecule has 0 radical (unpaired) electrons. The van der Waals surface area contributed by atoms with E-state index in [1.807, 2.05) is 26.0 Å². The summed E-state index contributed by atoms with van der Waals surface area (Å²) in [6, 6.07) is 11.0. The Balaban J connectivity index is 1.95. The third-order valence-corrected chi connectivity index (χ3v) is 3.26. The predicted octanol–water partition coefficient (Wildman–Crippen LogP) is 4.66. The summed E-state index contributed by atoms with van der Waals surface area (Å²) in [5.74, 6) is -0.129. The lowest BCUT2D eigenvalue weighted by Crippen LogP contribution is -2.21. The fraction of sp³-hybridized carbons (Fsp3) is 0.188. The second-order valence-electron chi connectivity index (χ2n) is 4.94. The SMILES string of the molecule is Cc1cc(C)cc(NC(=O)CNc2cc(Cl)cc(Cl)c2)c1. The first-order valence-electron chi connectivity index (χ1n) is 6.50. The van der Waals surface area contributed by atoms with Crippen LogP contribution in [0.4, 0.5) is 11.4 Å². The Morgan fingerprint density at radius 1 is 0.905 bits per heavy atom. The Kier molecular flexibility index (Phi) is 5.10. The van der Waals surface area contributed by atoms with Gasteiger partial charge in [0.15, 0.2) is 0 Å². The van der Waals surface area contributed by atoms with E-state index in [-0.39, 0.29) is 12.5 Å². The van der Waals surface area contributed by atoms with Gasteiger partial charge in [-0.15, -0.1) is 0 Å². The molecule has 0 aliphatic heterocycles. The van der Waals surface area contributed by atoms with Gasteiger partial charge in [0.05, 0.1) is 6.54 Å². The van der Waals surface area contributed by atoms with Crippen LogP contribution in [-0.2, 0) is 4.79 Å². The van der Waals surface area contributed by atoms with Crippen LogP contribution in [0.25, 0.3) is 0 Å². The molecule has 0 spiro atoms.